The molecule has 1 aliphatic rings. The van der Waals surface area contributed by atoms with Crippen molar-refractivity contribution < 1.29 is 4.79 Å². The molecule has 0 saturated heterocycles. The number of allylic oxidation sites excluding steroid dienone is 2. The number of rotatable bonds is 6. The van der Waals surface area contributed by atoms with E-state index in [1.807, 2.05) is 12.1 Å². The SMILES string of the molecule is CC/C(C)=C(/C)Nc1ccc(C2CCC(c3cccc(C=O)c3)CC2)cc1. The molecule has 2 nitrogen and oxygen atoms in total. The van der Waals surface area contributed by atoms with Gasteiger partial charge in [-0.05, 0) is 87.1 Å². The molecule has 2 aromatic rings. The van der Waals surface area contributed by atoms with Gasteiger partial charge < -0.3 is 5.32 Å². The van der Waals surface area contributed by atoms with E-state index in [0.29, 0.717) is 11.8 Å². The van der Waals surface area contributed by atoms with Gasteiger partial charge in [-0.15, -0.1) is 0 Å². The zero-order valence-electron chi connectivity index (χ0n) is 16.8. The highest BCUT2D eigenvalue weighted by atomic mass is 16.1. The van der Waals surface area contributed by atoms with Crippen molar-refractivity contribution in [1.29, 1.82) is 0 Å². The molecule has 0 radical (unpaired) electrons. The summed E-state index contributed by atoms with van der Waals surface area (Å²) >= 11 is 0. The summed E-state index contributed by atoms with van der Waals surface area (Å²) in [6.45, 7) is 6.52. The number of benzene rings is 2. The quantitative estimate of drug-likeness (QED) is 0.558. The maximum absolute atomic E-state index is 11.0. The minimum Gasteiger partial charge on any atom is -0.359 e. The van der Waals surface area contributed by atoms with Gasteiger partial charge in [-0.3, -0.25) is 4.79 Å². The molecule has 0 spiro atoms. The summed E-state index contributed by atoms with van der Waals surface area (Å²) in [5.41, 5.74) is 7.39. The van der Waals surface area contributed by atoms with E-state index in [2.05, 4.69) is 62.5 Å². The minimum absolute atomic E-state index is 0.590. The second-order valence-corrected chi connectivity index (χ2v) is 7.84. The number of nitrogens with one attached hydrogen (secondary N) is 1. The molecule has 142 valence electrons. The summed E-state index contributed by atoms with van der Waals surface area (Å²) in [6, 6.07) is 17.1. The van der Waals surface area contributed by atoms with Crippen LogP contribution in [0.3, 0.4) is 0 Å². The van der Waals surface area contributed by atoms with Gasteiger partial charge in [0.15, 0.2) is 0 Å². The highest BCUT2D eigenvalue weighted by Crippen LogP contribution is 2.40. The fraction of sp³-hybridized carbons (Fsp3) is 0.400. The predicted molar refractivity (Wildman–Crippen MR) is 115 cm³/mol. The highest BCUT2D eigenvalue weighted by molar-refractivity contribution is 5.75. The van der Waals surface area contributed by atoms with Crippen molar-refractivity contribution in [3.05, 3.63) is 76.5 Å². The zero-order chi connectivity index (χ0) is 19.2. The van der Waals surface area contributed by atoms with Crippen LogP contribution >= 0.6 is 0 Å². The summed E-state index contributed by atoms with van der Waals surface area (Å²) in [5, 5.41) is 3.51. The molecular formula is C25H31NO. The Bertz CT molecular complexity index is 795. The van der Waals surface area contributed by atoms with Gasteiger partial charge in [-0.1, -0.05) is 42.8 Å². The first-order valence-electron chi connectivity index (χ1n) is 10.2. The molecule has 0 bridgehead atoms. The molecule has 0 unspecified atom stereocenters. The van der Waals surface area contributed by atoms with Gasteiger partial charge >= 0.3 is 0 Å². The van der Waals surface area contributed by atoms with E-state index in [0.717, 1.165) is 18.3 Å². The van der Waals surface area contributed by atoms with Gasteiger partial charge in [-0.2, -0.15) is 0 Å². The van der Waals surface area contributed by atoms with Crippen molar-refractivity contribution in [2.45, 2.75) is 64.7 Å². The molecular weight excluding hydrogens is 330 g/mol. The third-order valence-electron chi connectivity index (χ3n) is 6.13. The lowest BCUT2D eigenvalue weighted by molar-refractivity contribution is 0.112. The molecule has 0 heterocycles. The monoisotopic (exact) mass is 361 g/mol. The van der Waals surface area contributed by atoms with Crippen LogP contribution in [0.25, 0.3) is 0 Å². The Balaban J connectivity index is 1.60. The summed E-state index contributed by atoms with van der Waals surface area (Å²) in [5.74, 6) is 1.24. The smallest absolute Gasteiger partial charge is 0.150 e. The number of anilines is 1. The Labute approximate surface area is 163 Å². The Hall–Kier alpha value is -2.35. The van der Waals surface area contributed by atoms with Crippen molar-refractivity contribution in [3.8, 4) is 0 Å². The average Bonchev–Trinajstić information content (AvgIpc) is 2.73. The van der Waals surface area contributed by atoms with Crippen LogP contribution in [0.1, 0.15) is 86.2 Å². The number of carbonyl (C=O) groups excluding carboxylic acids is 1. The molecule has 1 fully saturated rings. The number of hydrogen-bond donors (Lipinski definition) is 1. The third-order valence-corrected chi connectivity index (χ3v) is 6.13. The lowest BCUT2D eigenvalue weighted by atomic mass is 9.76. The zero-order valence-corrected chi connectivity index (χ0v) is 16.8. The second kappa shape index (κ2) is 9.03. The van der Waals surface area contributed by atoms with Crippen LogP contribution in [0.15, 0.2) is 59.8 Å². The Morgan fingerprint density at radius 2 is 1.59 bits per heavy atom. The lowest BCUT2D eigenvalue weighted by Crippen LogP contribution is -2.12. The second-order valence-electron chi connectivity index (χ2n) is 7.84. The Morgan fingerprint density at radius 1 is 0.963 bits per heavy atom. The number of hydrogen-bond acceptors (Lipinski definition) is 2. The standard InChI is InChI=1S/C25H31NO/c1-4-18(2)19(3)26-25-14-12-22(13-15-25)21-8-10-23(11-9-21)24-7-5-6-20(16-24)17-27/h5-7,12-17,21,23,26H,4,8-11H2,1-3H3/b19-18-. The predicted octanol–water partition coefficient (Wildman–Crippen LogP) is 7.06. The molecule has 0 amide bonds. The molecule has 1 saturated carbocycles. The molecule has 2 aromatic carbocycles. The molecule has 1 N–H and O–H groups in total. The van der Waals surface area contributed by atoms with E-state index < -0.39 is 0 Å². The fourth-order valence-corrected chi connectivity index (χ4v) is 4.07. The van der Waals surface area contributed by atoms with Crippen LogP contribution < -0.4 is 5.32 Å². The van der Waals surface area contributed by atoms with Crippen molar-refractivity contribution >= 4 is 12.0 Å². The first-order valence-corrected chi connectivity index (χ1v) is 10.2. The van der Waals surface area contributed by atoms with E-state index >= 15 is 0 Å². The summed E-state index contributed by atoms with van der Waals surface area (Å²) < 4.78 is 0. The van der Waals surface area contributed by atoms with Crippen LogP contribution in [-0.2, 0) is 0 Å². The maximum atomic E-state index is 11.0. The van der Waals surface area contributed by atoms with Crippen LogP contribution in [0, 0.1) is 0 Å². The van der Waals surface area contributed by atoms with E-state index in [-0.39, 0.29) is 0 Å². The molecule has 0 atom stereocenters. The molecule has 0 aromatic heterocycles. The van der Waals surface area contributed by atoms with Gasteiger partial charge in [0.2, 0.25) is 0 Å². The highest BCUT2D eigenvalue weighted by Gasteiger charge is 2.23. The minimum atomic E-state index is 0.590. The number of carbonyl (C=O) groups is 1. The van der Waals surface area contributed by atoms with Crippen molar-refractivity contribution in [2.24, 2.45) is 0 Å². The largest absolute Gasteiger partial charge is 0.359 e. The molecule has 0 aliphatic heterocycles. The normalized spacial score (nSPS) is 20.7. The molecule has 3 rings (SSSR count). The number of aldehydes is 1. The van der Waals surface area contributed by atoms with Gasteiger partial charge in [0.1, 0.15) is 6.29 Å². The summed E-state index contributed by atoms with van der Waals surface area (Å²) in [4.78, 5) is 11.0. The van der Waals surface area contributed by atoms with Crippen LogP contribution in [0.2, 0.25) is 0 Å². The maximum Gasteiger partial charge on any atom is 0.150 e. The summed E-state index contributed by atoms with van der Waals surface area (Å²) in [7, 11) is 0. The average molecular weight is 362 g/mol. The first kappa shape index (κ1) is 19.4. The van der Waals surface area contributed by atoms with Crippen LogP contribution in [-0.4, -0.2) is 6.29 Å². The molecule has 27 heavy (non-hydrogen) atoms. The van der Waals surface area contributed by atoms with Gasteiger partial charge in [0, 0.05) is 16.9 Å². The van der Waals surface area contributed by atoms with Crippen molar-refractivity contribution in [2.75, 3.05) is 5.32 Å². The van der Waals surface area contributed by atoms with Gasteiger partial charge in [0.25, 0.3) is 0 Å². The molecule has 1 aliphatic carbocycles. The molecule has 2 heteroatoms. The van der Waals surface area contributed by atoms with Crippen molar-refractivity contribution in [3.63, 3.8) is 0 Å². The van der Waals surface area contributed by atoms with E-state index in [9.17, 15) is 4.79 Å². The lowest BCUT2D eigenvalue weighted by Gasteiger charge is -2.29. The van der Waals surface area contributed by atoms with E-state index in [4.69, 9.17) is 0 Å². The van der Waals surface area contributed by atoms with Crippen LogP contribution in [0.5, 0.6) is 0 Å². The Morgan fingerprint density at radius 3 is 2.19 bits per heavy atom. The van der Waals surface area contributed by atoms with Crippen LogP contribution in [0.4, 0.5) is 5.69 Å². The Kier molecular flexibility index (Phi) is 6.49. The third kappa shape index (κ3) is 4.88. The summed E-state index contributed by atoms with van der Waals surface area (Å²) in [6.07, 6.45) is 6.86. The van der Waals surface area contributed by atoms with Gasteiger partial charge in [-0.25, -0.2) is 0 Å². The topological polar surface area (TPSA) is 29.1 Å². The van der Waals surface area contributed by atoms with E-state index in [1.54, 1.807) is 0 Å². The van der Waals surface area contributed by atoms with Gasteiger partial charge in [0.05, 0.1) is 0 Å². The van der Waals surface area contributed by atoms with E-state index in [1.165, 1.54) is 53.8 Å². The van der Waals surface area contributed by atoms with Crippen molar-refractivity contribution in [1.82, 2.24) is 0 Å². The fourth-order valence-electron chi connectivity index (χ4n) is 4.07. The first-order chi connectivity index (χ1) is 13.1.